The molecule has 1 N–H and O–H groups in total. The maximum Gasteiger partial charge on any atom is 0.307 e. The van der Waals surface area contributed by atoms with Crippen molar-refractivity contribution in [3.8, 4) is 0 Å². The molecule has 0 saturated heterocycles. The third kappa shape index (κ3) is 25.3. The van der Waals surface area contributed by atoms with Crippen molar-refractivity contribution in [2.24, 2.45) is 5.92 Å². The highest BCUT2D eigenvalue weighted by Crippen LogP contribution is 2.17. The van der Waals surface area contributed by atoms with Crippen molar-refractivity contribution in [2.45, 2.75) is 148 Å². The number of hydrogen-bond donors (Lipinski definition) is 1. The quantitative estimate of drug-likeness (QED) is 0.0704. The van der Waals surface area contributed by atoms with Crippen LogP contribution in [0.1, 0.15) is 148 Å². The van der Waals surface area contributed by atoms with Crippen molar-refractivity contribution in [3.63, 3.8) is 0 Å². The van der Waals surface area contributed by atoms with Crippen LogP contribution in [0, 0.1) is 5.92 Å². The number of carboxylic acids is 1. The molecule has 0 amide bonds. The van der Waals surface area contributed by atoms with Gasteiger partial charge in [0.1, 0.15) is 6.61 Å². The van der Waals surface area contributed by atoms with Gasteiger partial charge in [-0.05, 0) is 32.1 Å². The van der Waals surface area contributed by atoms with Gasteiger partial charge in [-0.15, -0.1) is 0 Å². The number of esters is 1. The first-order chi connectivity index (χ1) is 17.1. The normalized spacial score (nSPS) is 12.1. The van der Waals surface area contributed by atoms with Crippen molar-refractivity contribution in [1.29, 1.82) is 0 Å². The van der Waals surface area contributed by atoms with Crippen LogP contribution in [0.5, 0.6) is 0 Å². The Kier molecular flexibility index (Phi) is 25.8. The van der Waals surface area contributed by atoms with Gasteiger partial charge < -0.3 is 9.84 Å². The van der Waals surface area contributed by atoms with E-state index >= 15 is 0 Å². The van der Waals surface area contributed by atoms with Crippen LogP contribution in [0.3, 0.4) is 0 Å². The molecule has 0 fully saturated rings. The van der Waals surface area contributed by atoms with Crippen LogP contribution in [-0.2, 0) is 14.3 Å². The van der Waals surface area contributed by atoms with Crippen LogP contribution in [0.4, 0.5) is 0 Å². The number of hydrogen-bond acceptors (Lipinski definition) is 3. The molecule has 204 valence electrons. The van der Waals surface area contributed by atoms with E-state index in [2.05, 4.69) is 25.7 Å². The topological polar surface area (TPSA) is 63.6 Å². The summed E-state index contributed by atoms with van der Waals surface area (Å²) in [6, 6.07) is 0. The van der Waals surface area contributed by atoms with Gasteiger partial charge in [0.05, 0.1) is 12.3 Å². The molecule has 4 heteroatoms. The van der Waals surface area contributed by atoms with Gasteiger partial charge in [0, 0.05) is 0 Å². The maximum absolute atomic E-state index is 11.6. The minimum Gasteiger partial charge on any atom is -0.481 e. The number of rotatable bonds is 27. The minimum absolute atomic E-state index is 0.0434. The van der Waals surface area contributed by atoms with E-state index in [9.17, 15) is 14.7 Å². The van der Waals surface area contributed by atoms with Gasteiger partial charge >= 0.3 is 11.9 Å². The third-order valence-electron chi connectivity index (χ3n) is 6.69. The largest absolute Gasteiger partial charge is 0.481 e. The first-order valence-corrected chi connectivity index (χ1v) is 14.8. The van der Waals surface area contributed by atoms with Crippen LogP contribution in [0.2, 0.25) is 0 Å². The Hall–Kier alpha value is -1.58. The molecule has 35 heavy (non-hydrogen) atoms. The Morgan fingerprint density at radius 2 is 1.14 bits per heavy atom. The highest BCUT2D eigenvalue weighted by Gasteiger charge is 2.21. The molecular weight excluding hydrogens is 436 g/mol. The average Bonchev–Trinajstić information content (AvgIpc) is 2.84. The lowest BCUT2D eigenvalue weighted by Gasteiger charge is -2.11. The summed E-state index contributed by atoms with van der Waals surface area (Å²) in [5, 5.41) is 9.29. The van der Waals surface area contributed by atoms with Gasteiger partial charge in [-0.1, -0.05) is 134 Å². The molecule has 0 saturated carbocycles. The fraction of sp³-hybridized carbons (Fsp3) is 0.806. The van der Waals surface area contributed by atoms with Crippen molar-refractivity contribution < 1.29 is 19.4 Å². The standard InChI is InChI=1S/C31H56O4/c1-3-5-6-7-8-9-10-11-12-13-14-15-16-17-18-19-20-21-22-23-24-25-26-29(31(33)34)28-30(32)35-27-4-2/h4,13-14,29H,2-3,5-12,15-28H2,1H3,(H,33,34)/b14-13+. The lowest BCUT2D eigenvalue weighted by molar-refractivity contribution is -0.151. The molecule has 0 aromatic heterocycles. The monoisotopic (exact) mass is 492 g/mol. The van der Waals surface area contributed by atoms with E-state index in [1.807, 2.05) is 0 Å². The summed E-state index contributed by atoms with van der Waals surface area (Å²) in [6.07, 6.45) is 32.6. The summed E-state index contributed by atoms with van der Waals surface area (Å²) >= 11 is 0. The number of carboxylic acid groups (broad SMARTS) is 1. The summed E-state index contributed by atoms with van der Waals surface area (Å²) < 4.78 is 4.90. The molecule has 0 aliphatic rings. The molecule has 0 rings (SSSR count). The predicted molar refractivity (Wildman–Crippen MR) is 149 cm³/mol. The second-order valence-corrected chi connectivity index (χ2v) is 10.1. The zero-order valence-electron chi connectivity index (χ0n) is 23.0. The van der Waals surface area contributed by atoms with Gasteiger partial charge in [0.25, 0.3) is 0 Å². The number of ether oxygens (including phenoxy) is 1. The van der Waals surface area contributed by atoms with Crippen molar-refractivity contribution in [2.75, 3.05) is 6.61 Å². The van der Waals surface area contributed by atoms with Crippen LogP contribution in [0.15, 0.2) is 24.8 Å². The lowest BCUT2D eigenvalue weighted by Crippen LogP contribution is -2.19. The predicted octanol–water partition coefficient (Wildman–Crippen LogP) is 9.57. The molecular formula is C31H56O4. The molecule has 4 nitrogen and oxygen atoms in total. The Morgan fingerprint density at radius 3 is 1.57 bits per heavy atom. The molecule has 1 unspecified atom stereocenters. The van der Waals surface area contributed by atoms with E-state index in [1.165, 1.54) is 115 Å². The van der Waals surface area contributed by atoms with E-state index in [4.69, 9.17) is 4.74 Å². The van der Waals surface area contributed by atoms with Crippen molar-refractivity contribution in [3.05, 3.63) is 24.8 Å². The molecule has 0 aromatic rings. The third-order valence-corrected chi connectivity index (χ3v) is 6.69. The molecule has 0 spiro atoms. The minimum atomic E-state index is -0.903. The first-order valence-electron chi connectivity index (χ1n) is 14.8. The average molecular weight is 493 g/mol. The number of unbranched alkanes of at least 4 members (excludes halogenated alkanes) is 18. The summed E-state index contributed by atoms with van der Waals surface area (Å²) in [5.41, 5.74) is 0. The van der Waals surface area contributed by atoms with E-state index in [1.54, 1.807) is 0 Å². The van der Waals surface area contributed by atoms with Gasteiger partial charge in [-0.3, -0.25) is 9.59 Å². The molecule has 0 aliphatic heterocycles. The summed E-state index contributed by atoms with van der Waals surface area (Å²) in [5.74, 6) is -1.99. The van der Waals surface area contributed by atoms with Gasteiger partial charge in [0.2, 0.25) is 0 Å². The smallest absolute Gasteiger partial charge is 0.307 e. The summed E-state index contributed by atoms with van der Waals surface area (Å²) in [6.45, 7) is 5.90. The molecule has 0 bridgehead atoms. The van der Waals surface area contributed by atoms with Crippen LogP contribution < -0.4 is 0 Å². The second kappa shape index (κ2) is 27.0. The van der Waals surface area contributed by atoms with Gasteiger partial charge in [-0.25, -0.2) is 0 Å². The maximum atomic E-state index is 11.6. The first kappa shape index (κ1) is 33.4. The van der Waals surface area contributed by atoms with Crippen LogP contribution in [0.25, 0.3) is 0 Å². The SMILES string of the molecule is C=CCOC(=O)CC(CCCCCCCCCCCC/C=C/CCCCCCCCCC)C(=O)O. The fourth-order valence-corrected chi connectivity index (χ4v) is 4.42. The Morgan fingerprint density at radius 1 is 0.714 bits per heavy atom. The second-order valence-electron chi connectivity index (χ2n) is 10.1. The summed E-state index contributed by atoms with van der Waals surface area (Å²) in [7, 11) is 0. The Labute approximate surface area is 217 Å². The zero-order chi connectivity index (χ0) is 25.8. The Balaban J connectivity index is 3.39. The van der Waals surface area contributed by atoms with E-state index in [0.29, 0.717) is 6.42 Å². The molecule has 0 aliphatic carbocycles. The van der Waals surface area contributed by atoms with Crippen LogP contribution >= 0.6 is 0 Å². The fourth-order valence-electron chi connectivity index (χ4n) is 4.42. The van der Waals surface area contributed by atoms with Gasteiger partial charge in [0.15, 0.2) is 0 Å². The highest BCUT2D eigenvalue weighted by atomic mass is 16.5. The lowest BCUT2D eigenvalue weighted by atomic mass is 9.97. The number of carbonyl (C=O) groups excluding carboxylic acids is 1. The summed E-state index contributed by atoms with van der Waals surface area (Å²) in [4.78, 5) is 22.9. The molecule has 0 radical (unpaired) electrons. The Bertz CT molecular complexity index is 526. The number of carbonyl (C=O) groups is 2. The van der Waals surface area contributed by atoms with E-state index in [0.717, 1.165) is 19.3 Å². The van der Waals surface area contributed by atoms with Gasteiger partial charge in [-0.2, -0.15) is 0 Å². The number of aliphatic carboxylic acids is 1. The van der Waals surface area contributed by atoms with E-state index < -0.39 is 17.9 Å². The van der Waals surface area contributed by atoms with Crippen LogP contribution in [-0.4, -0.2) is 23.7 Å². The number of allylic oxidation sites excluding steroid dienone is 2. The van der Waals surface area contributed by atoms with Crippen molar-refractivity contribution >= 4 is 11.9 Å². The zero-order valence-corrected chi connectivity index (χ0v) is 23.0. The highest BCUT2D eigenvalue weighted by molar-refractivity contribution is 5.78. The molecule has 0 heterocycles. The molecule has 0 aromatic carbocycles. The molecule has 1 atom stereocenters. The van der Waals surface area contributed by atoms with E-state index in [-0.39, 0.29) is 13.0 Å². The van der Waals surface area contributed by atoms with Crippen molar-refractivity contribution in [1.82, 2.24) is 0 Å².